The van der Waals surface area contributed by atoms with Gasteiger partial charge in [-0.1, -0.05) is 19.8 Å². The molecule has 0 radical (unpaired) electrons. The fourth-order valence-electron chi connectivity index (χ4n) is 3.01. The van der Waals surface area contributed by atoms with Crippen LogP contribution >= 0.6 is 0 Å². The minimum Gasteiger partial charge on any atom is -0.325 e. The van der Waals surface area contributed by atoms with E-state index in [0.717, 1.165) is 19.6 Å². The van der Waals surface area contributed by atoms with E-state index in [2.05, 4.69) is 23.6 Å². The maximum Gasteiger partial charge on any atom is 0.320 e. The number of carbonyl (C=O) groups excluding carboxylic acids is 1. The maximum absolute atomic E-state index is 12.4. The van der Waals surface area contributed by atoms with Crippen LogP contribution in [0.3, 0.4) is 0 Å². The summed E-state index contributed by atoms with van der Waals surface area (Å²) < 4.78 is 0. The van der Waals surface area contributed by atoms with E-state index in [4.69, 9.17) is 0 Å². The first-order valence-electron chi connectivity index (χ1n) is 6.74. The van der Waals surface area contributed by atoms with Gasteiger partial charge in [0.15, 0.2) is 0 Å². The van der Waals surface area contributed by atoms with Crippen LogP contribution in [0.25, 0.3) is 0 Å². The molecular formula is C13H24N2O. The molecule has 92 valence electrons. The van der Waals surface area contributed by atoms with Crippen molar-refractivity contribution in [3.63, 3.8) is 0 Å². The SMILES string of the molecule is CC1CC(C)N(C(=O)N2CCCCCC2)C1. The molecule has 2 heterocycles. The average molecular weight is 224 g/mol. The molecule has 0 aliphatic carbocycles. The number of hydrogen-bond acceptors (Lipinski definition) is 1. The Kier molecular flexibility index (Phi) is 3.72. The number of likely N-dealkylation sites (tertiary alicyclic amines) is 2. The molecule has 0 N–H and O–H groups in total. The van der Waals surface area contributed by atoms with Crippen LogP contribution in [-0.2, 0) is 0 Å². The van der Waals surface area contributed by atoms with Crippen molar-refractivity contribution in [2.75, 3.05) is 19.6 Å². The molecule has 0 saturated carbocycles. The van der Waals surface area contributed by atoms with E-state index in [-0.39, 0.29) is 0 Å². The van der Waals surface area contributed by atoms with Gasteiger partial charge in [-0.2, -0.15) is 0 Å². The summed E-state index contributed by atoms with van der Waals surface area (Å²) in [5.41, 5.74) is 0. The third-order valence-electron chi connectivity index (χ3n) is 3.91. The van der Waals surface area contributed by atoms with Gasteiger partial charge < -0.3 is 9.80 Å². The van der Waals surface area contributed by atoms with E-state index < -0.39 is 0 Å². The molecule has 0 bridgehead atoms. The lowest BCUT2D eigenvalue weighted by atomic mass is 10.1. The largest absolute Gasteiger partial charge is 0.325 e. The fraction of sp³-hybridized carbons (Fsp3) is 0.923. The van der Waals surface area contributed by atoms with Crippen molar-refractivity contribution in [2.24, 2.45) is 5.92 Å². The Bertz CT molecular complexity index is 246. The topological polar surface area (TPSA) is 23.6 Å². The molecule has 3 heteroatoms. The van der Waals surface area contributed by atoms with Crippen LogP contribution in [0, 0.1) is 5.92 Å². The molecule has 0 aromatic rings. The zero-order valence-electron chi connectivity index (χ0n) is 10.6. The van der Waals surface area contributed by atoms with Gasteiger partial charge in [0.25, 0.3) is 0 Å². The third-order valence-corrected chi connectivity index (χ3v) is 3.91. The highest BCUT2D eigenvalue weighted by Gasteiger charge is 2.32. The zero-order valence-corrected chi connectivity index (χ0v) is 10.6. The molecule has 2 aliphatic rings. The van der Waals surface area contributed by atoms with E-state index >= 15 is 0 Å². The molecule has 2 saturated heterocycles. The lowest BCUT2D eigenvalue weighted by Crippen LogP contribution is -2.45. The fourth-order valence-corrected chi connectivity index (χ4v) is 3.01. The Hall–Kier alpha value is -0.730. The second kappa shape index (κ2) is 5.07. The van der Waals surface area contributed by atoms with Crippen LogP contribution in [0.1, 0.15) is 46.0 Å². The highest BCUT2D eigenvalue weighted by Crippen LogP contribution is 2.24. The summed E-state index contributed by atoms with van der Waals surface area (Å²) in [5.74, 6) is 0.672. The minimum atomic E-state index is 0.291. The molecular weight excluding hydrogens is 200 g/mol. The van der Waals surface area contributed by atoms with Crippen LogP contribution in [-0.4, -0.2) is 41.5 Å². The van der Waals surface area contributed by atoms with Crippen molar-refractivity contribution in [3.05, 3.63) is 0 Å². The number of rotatable bonds is 0. The van der Waals surface area contributed by atoms with Crippen LogP contribution in [0.5, 0.6) is 0 Å². The number of carbonyl (C=O) groups is 1. The summed E-state index contributed by atoms with van der Waals surface area (Å²) in [6.07, 6.45) is 6.11. The monoisotopic (exact) mass is 224 g/mol. The van der Waals surface area contributed by atoms with Crippen molar-refractivity contribution in [2.45, 2.75) is 52.0 Å². The van der Waals surface area contributed by atoms with Crippen LogP contribution in [0.4, 0.5) is 4.79 Å². The molecule has 2 amide bonds. The van der Waals surface area contributed by atoms with Gasteiger partial charge in [0.2, 0.25) is 0 Å². The maximum atomic E-state index is 12.4. The lowest BCUT2D eigenvalue weighted by molar-refractivity contribution is 0.151. The standard InChI is InChI=1S/C13H24N2O/c1-11-9-12(2)15(10-11)13(16)14-7-5-3-4-6-8-14/h11-12H,3-10H2,1-2H3. The summed E-state index contributed by atoms with van der Waals surface area (Å²) in [7, 11) is 0. The molecule has 0 spiro atoms. The highest BCUT2D eigenvalue weighted by molar-refractivity contribution is 5.75. The van der Waals surface area contributed by atoms with Gasteiger partial charge in [0, 0.05) is 25.7 Å². The second-order valence-electron chi connectivity index (χ2n) is 5.53. The van der Waals surface area contributed by atoms with E-state index in [1.165, 1.54) is 32.1 Å². The Morgan fingerprint density at radius 3 is 2.19 bits per heavy atom. The van der Waals surface area contributed by atoms with Crippen molar-refractivity contribution < 1.29 is 4.79 Å². The molecule has 2 aliphatic heterocycles. The van der Waals surface area contributed by atoms with Gasteiger partial charge in [-0.05, 0) is 32.1 Å². The summed E-state index contributed by atoms with van der Waals surface area (Å²) >= 11 is 0. The zero-order chi connectivity index (χ0) is 11.5. The van der Waals surface area contributed by atoms with Gasteiger partial charge in [-0.15, -0.1) is 0 Å². The van der Waals surface area contributed by atoms with Gasteiger partial charge in [0.05, 0.1) is 0 Å². The summed E-state index contributed by atoms with van der Waals surface area (Å²) in [6.45, 7) is 7.31. The Balaban J connectivity index is 1.95. The smallest absolute Gasteiger partial charge is 0.320 e. The van der Waals surface area contributed by atoms with Crippen LogP contribution in [0.2, 0.25) is 0 Å². The van der Waals surface area contributed by atoms with E-state index in [1.807, 2.05) is 0 Å². The summed E-state index contributed by atoms with van der Waals surface area (Å²) in [6, 6.07) is 0.726. The van der Waals surface area contributed by atoms with Crippen LogP contribution in [0.15, 0.2) is 0 Å². The number of hydrogen-bond donors (Lipinski definition) is 0. The first-order chi connectivity index (χ1) is 7.68. The Morgan fingerprint density at radius 1 is 1.06 bits per heavy atom. The van der Waals surface area contributed by atoms with Gasteiger partial charge in [-0.3, -0.25) is 0 Å². The Labute approximate surface area is 98.8 Å². The van der Waals surface area contributed by atoms with E-state index in [9.17, 15) is 4.79 Å². The van der Waals surface area contributed by atoms with Gasteiger partial charge >= 0.3 is 6.03 Å². The molecule has 3 nitrogen and oxygen atoms in total. The normalized spacial score (nSPS) is 31.6. The molecule has 2 rings (SSSR count). The highest BCUT2D eigenvalue weighted by atomic mass is 16.2. The minimum absolute atomic E-state index is 0.291. The predicted octanol–water partition coefficient (Wildman–Crippen LogP) is 2.71. The van der Waals surface area contributed by atoms with Crippen LogP contribution < -0.4 is 0 Å². The van der Waals surface area contributed by atoms with Crippen molar-refractivity contribution >= 4 is 6.03 Å². The number of nitrogens with zero attached hydrogens (tertiary/aromatic N) is 2. The molecule has 0 aromatic carbocycles. The predicted molar refractivity (Wildman–Crippen MR) is 65.4 cm³/mol. The first kappa shape index (κ1) is 11.7. The van der Waals surface area contributed by atoms with Crippen molar-refractivity contribution in [1.29, 1.82) is 0 Å². The Morgan fingerprint density at radius 2 is 1.69 bits per heavy atom. The number of amides is 2. The third kappa shape index (κ3) is 2.50. The van der Waals surface area contributed by atoms with Crippen molar-refractivity contribution in [3.8, 4) is 0 Å². The van der Waals surface area contributed by atoms with Gasteiger partial charge in [-0.25, -0.2) is 4.79 Å². The van der Waals surface area contributed by atoms with E-state index in [0.29, 0.717) is 18.0 Å². The molecule has 2 unspecified atom stereocenters. The first-order valence-corrected chi connectivity index (χ1v) is 6.74. The molecule has 0 aromatic heterocycles. The molecule has 16 heavy (non-hydrogen) atoms. The summed E-state index contributed by atoms with van der Waals surface area (Å²) in [5, 5.41) is 0. The average Bonchev–Trinajstić information content (AvgIpc) is 2.49. The van der Waals surface area contributed by atoms with Gasteiger partial charge in [0.1, 0.15) is 0 Å². The van der Waals surface area contributed by atoms with E-state index in [1.54, 1.807) is 0 Å². The second-order valence-corrected chi connectivity index (χ2v) is 5.53. The molecule has 2 fully saturated rings. The molecule has 2 atom stereocenters. The summed E-state index contributed by atoms with van der Waals surface area (Å²) in [4.78, 5) is 16.5. The van der Waals surface area contributed by atoms with Crippen molar-refractivity contribution in [1.82, 2.24) is 9.80 Å². The quantitative estimate of drug-likeness (QED) is 0.620. The number of urea groups is 1. The lowest BCUT2D eigenvalue weighted by Gasteiger charge is -2.29.